The summed E-state index contributed by atoms with van der Waals surface area (Å²) in [5.41, 5.74) is 0.997. The number of guanidine groups is 1. The molecule has 0 aliphatic heterocycles. The highest BCUT2D eigenvalue weighted by molar-refractivity contribution is 14.0. The Labute approximate surface area is 157 Å². The van der Waals surface area contributed by atoms with Crippen molar-refractivity contribution in [3.8, 4) is 0 Å². The SMILES string of the molecule is CCc1cc(CNC(=NC)N(C)CC2CCC(C)CC2)on1.I. The third-order valence-electron chi connectivity index (χ3n) is 4.63. The summed E-state index contributed by atoms with van der Waals surface area (Å²) in [7, 11) is 3.95. The summed E-state index contributed by atoms with van der Waals surface area (Å²) in [5.74, 6) is 3.47. The maximum absolute atomic E-state index is 5.31. The molecule has 1 aliphatic rings. The number of nitrogens with zero attached hydrogens (tertiary/aromatic N) is 3. The molecule has 0 bridgehead atoms. The van der Waals surface area contributed by atoms with Crippen LogP contribution in [0.25, 0.3) is 0 Å². The van der Waals surface area contributed by atoms with Gasteiger partial charge in [-0.3, -0.25) is 4.99 Å². The molecule has 0 amide bonds. The Bertz CT molecular complexity index is 481. The Balaban J connectivity index is 0.00000264. The Hall–Kier alpha value is -0.790. The normalized spacial score (nSPS) is 21.7. The standard InChI is InChI=1S/C17H30N4O.HI/c1-5-15-10-16(22-20-15)11-19-17(18-3)21(4)12-14-8-6-13(2)7-9-14;/h10,13-14H,5-9,11-12H2,1-4H3,(H,18,19);1H. The second-order valence-corrected chi connectivity index (χ2v) is 6.55. The minimum atomic E-state index is 0. The van der Waals surface area contributed by atoms with Crippen molar-refractivity contribution in [2.24, 2.45) is 16.8 Å². The maximum atomic E-state index is 5.31. The van der Waals surface area contributed by atoms with E-state index < -0.39 is 0 Å². The number of hydrogen-bond donors (Lipinski definition) is 1. The summed E-state index contributed by atoms with van der Waals surface area (Å²) in [5, 5.41) is 7.38. The number of aromatic nitrogens is 1. The maximum Gasteiger partial charge on any atom is 0.193 e. The summed E-state index contributed by atoms with van der Waals surface area (Å²) in [6, 6.07) is 2.00. The molecule has 1 aromatic heterocycles. The van der Waals surface area contributed by atoms with Crippen LogP contribution in [0.4, 0.5) is 0 Å². The van der Waals surface area contributed by atoms with Gasteiger partial charge in [-0.1, -0.05) is 31.8 Å². The second-order valence-electron chi connectivity index (χ2n) is 6.55. The fourth-order valence-electron chi connectivity index (χ4n) is 3.14. The van der Waals surface area contributed by atoms with Gasteiger partial charge in [-0.25, -0.2) is 0 Å². The van der Waals surface area contributed by atoms with Crippen LogP contribution in [0.15, 0.2) is 15.6 Å². The van der Waals surface area contributed by atoms with Crippen LogP contribution in [0.3, 0.4) is 0 Å². The second kappa shape index (κ2) is 10.2. The molecule has 1 N–H and O–H groups in total. The van der Waals surface area contributed by atoms with Gasteiger partial charge in [0.15, 0.2) is 11.7 Å². The topological polar surface area (TPSA) is 53.7 Å². The fraction of sp³-hybridized carbons (Fsp3) is 0.765. The molecule has 132 valence electrons. The summed E-state index contributed by atoms with van der Waals surface area (Å²) < 4.78 is 5.31. The average Bonchev–Trinajstić information content (AvgIpc) is 2.98. The first-order valence-electron chi connectivity index (χ1n) is 8.48. The predicted octanol–water partition coefficient (Wildman–Crippen LogP) is 3.69. The average molecular weight is 434 g/mol. The Morgan fingerprint density at radius 3 is 2.65 bits per heavy atom. The smallest absolute Gasteiger partial charge is 0.193 e. The van der Waals surface area contributed by atoms with Gasteiger partial charge in [-0.2, -0.15) is 0 Å². The number of rotatable bonds is 5. The van der Waals surface area contributed by atoms with Crippen LogP contribution in [-0.4, -0.2) is 36.7 Å². The number of hydrogen-bond acceptors (Lipinski definition) is 3. The number of aliphatic imine (C=N–C) groups is 1. The first-order valence-corrected chi connectivity index (χ1v) is 8.48. The molecule has 1 aliphatic carbocycles. The van der Waals surface area contributed by atoms with E-state index in [0.717, 1.165) is 42.2 Å². The summed E-state index contributed by atoms with van der Waals surface area (Å²) in [6.45, 7) is 6.14. The molecule has 1 saturated carbocycles. The third kappa shape index (κ3) is 6.31. The monoisotopic (exact) mass is 434 g/mol. The van der Waals surface area contributed by atoms with Crippen molar-refractivity contribution < 1.29 is 4.52 Å². The van der Waals surface area contributed by atoms with Gasteiger partial charge in [0.1, 0.15) is 0 Å². The zero-order valence-electron chi connectivity index (χ0n) is 14.8. The lowest BCUT2D eigenvalue weighted by atomic mass is 9.83. The zero-order valence-corrected chi connectivity index (χ0v) is 17.2. The molecule has 0 atom stereocenters. The van der Waals surface area contributed by atoms with Crippen LogP contribution in [0.1, 0.15) is 51.0 Å². The van der Waals surface area contributed by atoms with E-state index in [1.807, 2.05) is 13.1 Å². The van der Waals surface area contributed by atoms with Gasteiger partial charge in [0.25, 0.3) is 0 Å². The van der Waals surface area contributed by atoms with Gasteiger partial charge in [0, 0.05) is 26.7 Å². The van der Waals surface area contributed by atoms with Crippen molar-refractivity contribution in [2.45, 2.75) is 52.5 Å². The Morgan fingerprint density at radius 1 is 1.39 bits per heavy atom. The summed E-state index contributed by atoms with van der Waals surface area (Å²) in [6.07, 6.45) is 6.30. The lowest BCUT2D eigenvalue weighted by molar-refractivity contribution is 0.249. The van der Waals surface area contributed by atoms with Gasteiger partial charge in [-0.05, 0) is 31.1 Å². The van der Waals surface area contributed by atoms with Crippen LogP contribution in [0, 0.1) is 11.8 Å². The molecule has 0 saturated heterocycles. The molecule has 23 heavy (non-hydrogen) atoms. The fourth-order valence-corrected chi connectivity index (χ4v) is 3.14. The summed E-state index contributed by atoms with van der Waals surface area (Å²) in [4.78, 5) is 6.61. The van der Waals surface area contributed by atoms with Crippen molar-refractivity contribution in [2.75, 3.05) is 20.6 Å². The number of halogens is 1. The van der Waals surface area contributed by atoms with E-state index in [-0.39, 0.29) is 24.0 Å². The number of aryl methyl sites for hydroxylation is 1. The van der Waals surface area contributed by atoms with E-state index in [9.17, 15) is 0 Å². The van der Waals surface area contributed by atoms with Gasteiger partial charge < -0.3 is 14.7 Å². The molecule has 1 heterocycles. The highest BCUT2D eigenvalue weighted by Crippen LogP contribution is 2.28. The van der Waals surface area contributed by atoms with Crippen LogP contribution in [0.5, 0.6) is 0 Å². The molecule has 6 heteroatoms. The van der Waals surface area contributed by atoms with Gasteiger partial charge >= 0.3 is 0 Å². The molecular weight excluding hydrogens is 403 g/mol. The highest BCUT2D eigenvalue weighted by atomic mass is 127. The predicted molar refractivity (Wildman–Crippen MR) is 105 cm³/mol. The molecule has 0 aromatic carbocycles. The van der Waals surface area contributed by atoms with Crippen LogP contribution >= 0.6 is 24.0 Å². The molecule has 2 rings (SSSR count). The first kappa shape index (κ1) is 20.3. The molecule has 0 spiro atoms. The summed E-state index contributed by atoms with van der Waals surface area (Å²) >= 11 is 0. The number of nitrogens with one attached hydrogen (secondary N) is 1. The highest BCUT2D eigenvalue weighted by Gasteiger charge is 2.20. The van der Waals surface area contributed by atoms with Crippen molar-refractivity contribution in [3.63, 3.8) is 0 Å². The zero-order chi connectivity index (χ0) is 15.9. The van der Waals surface area contributed by atoms with E-state index in [2.05, 4.69) is 41.3 Å². The van der Waals surface area contributed by atoms with Crippen LogP contribution in [0.2, 0.25) is 0 Å². The first-order chi connectivity index (χ1) is 10.6. The van der Waals surface area contributed by atoms with Crippen molar-refractivity contribution in [1.29, 1.82) is 0 Å². The van der Waals surface area contributed by atoms with Crippen LogP contribution < -0.4 is 5.32 Å². The minimum Gasteiger partial charge on any atom is -0.359 e. The van der Waals surface area contributed by atoms with Crippen molar-refractivity contribution in [1.82, 2.24) is 15.4 Å². The van der Waals surface area contributed by atoms with Gasteiger partial charge in [0.2, 0.25) is 0 Å². The Kier molecular flexibility index (Phi) is 8.94. The third-order valence-corrected chi connectivity index (χ3v) is 4.63. The van der Waals surface area contributed by atoms with E-state index in [0.29, 0.717) is 6.54 Å². The molecule has 1 aromatic rings. The van der Waals surface area contributed by atoms with Crippen molar-refractivity contribution in [3.05, 3.63) is 17.5 Å². The van der Waals surface area contributed by atoms with Gasteiger partial charge in [0.05, 0.1) is 12.2 Å². The lowest BCUT2D eigenvalue weighted by Crippen LogP contribution is -2.41. The van der Waals surface area contributed by atoms with E-state index in [4.69, 9.17) is 4.52 Å². The van der Waals surface area contributed by atoms with E-state index >= 15 is 0 Å². The van der Waals surface area contributed by atoms with Crippen LogP contribution in [-0.2, 0) is 13.0 Å². The van der Waals surface area contributed by atoms with E-state index in [1.165, 1.54) is 25.7 Å². The molecule has 5 nitrogen and oxygen atoms in total. The molecular formula is C17H31IN4O. The quantitative estimate of drug-likeness (QED) is 0.437. The lowest BCUT2D eigenvalue weighted by Gasteiger charge is -2.31. The van der Waals surface area contributed by atoms with Crippen molar-refractivity contribution >= 4 is 29.9 Å². The molecule has 0 unspecified atom stereocenters. The Morgan fingerprint density at radius 2 is 2.09 bits per heavy atom. The van der Waals surface area contributed by atoms with E-state index in [1.54, 1.807) is 0 Å². The molecule has 1 fully saturated rings. The minimum absolute atomic E-state index is 0. The largest absolute Gasteiger partial charge is 0.359 e. The molecule has 0 radical (unpaired) electrons. The van der Waals surface area contributed by atoms with Gasteiger partial charge in [-0.15, -0.1) is 24.0 Å².